The summed E-state index contributed by atoms with van der Waals surface area (Å²) in [5, 5.41) is 6.28. The summed E-state index contributed by atoms with van der Waals surface area (Å²) in [4.78, 5) is 12.1. The lowest BCUT2D eigenvalue weighted by Crippen LogP contribution is -2.54. The van der Waals surface area contributed by atoms with Crippen LogP contribution in [-0.4, -0.2) is 47.5 Å². The van der Waals surface area contributed by atoms with Gasteiger partial charge in [0, 0.05) is 19.2 Å². The Morgan fingerprint density at radius 3 is 2.65 bits per heavy atom. The molecule has 0 spiro atoms. The van der Waals surface area contributed by atoms with E-state index in [0.29, 0.717) is 25.4 Å². The van der Waals surface area contributed by atoms with Crippen molar-refractivity contribution in [1.82, 2.24) is 10.0 Å². The second-order valence-electron chi connectivity index (χ2n) is 5.69. The van der Waals surface area contributed by atoms with E-state index in [-0.39, 0.29) is 22.4 Å². The van der Waals surface area contributed by atoms with E-state index in [1.807, 2.05) is 6.92 Å². The molecule has 1 aromatic rings. The first kappa shape index (κ1) is 20.5. The Morgan fingerprint density at radius 2 is 2.00 bits per heavy atom. The summed E-state index contributed by atoms with van der Waals surface area (Å²) in [6.07, 6.45) is 2.05. The van der Waals surface area contributed by atoms with E-state index in [2.05, 4.69) is 5.32 Å². The van der Waals surface area contributed by atoms with Gasteiger partial charge in [0.2, 0.25) is 0 Å². The summed E-state index contributed by atoms with van der Waals surface area (Å²) >= 11 is 11.4. The van der Waals surface area contributed by atoms with Gasteiger partial charge in [0.05, 0.1) is 23.9 Å². The SMILES string of the molecule is CCCOc1cc(NC(=S)N2CCCCN2C(=O)OCC)c(F)cc1Cl. The van der Waals surface area contributed by atoms with E-state index in [1.165, 1.54) is 17.1 Å². The maximum atomic E-state index is 14.3. The van der Waals surface area contributed by atoms with Crippen LogP contribution in [-0.2, 0) is 4.74 Å². The molecule has 2 rings (SSSR count). The number of hydrazine groups is 1. The number of halogens is 2. The van der Waals surface area contributed by atoms with Gasteiger partial charge in [-0.15, -0.1) is 0 Å². The van der Waals surface area contributed by atoms with E-state index < -0.39 is 11.9 Å². The summed E-state index contributed by atoms with van der Waals surface area (Å²) in [5.41, 5.74) is 0.139. The second-order valence-corrected chi connectivity index (χ2v) is 6.49. The highest BCUT2D eigenvalue weighted by molar-refractivity contribution is 7.80. The van der Waals surface area contributed by atoms with Crippen molar-refractivity contribution in [3.8, 4) is 5.75 Å². The molecule has 1 aliphatic rings. The Bertz CT molecular complexity index is 662. The number of anilines is 1. The number of hydrogen-bond donors (Lipinski definition) is 1. The van der Waals surface area contributed by atoms with Gasteiger partial charge in [0.1, 0.15) is 11.6 Å². The maximum absolute atomic E-state index is 14.3. The molecule has 26 heavy (non-hydrogen) atoms. The molecule has 0 bridgehead atoms. The van der Waals surface area contributed by atoms with Crippen LogP contribution in [0.25, 0.3) is 0 Å². The predicted octanol–water partition coefficient (Wildman–Crippen LogP) is 4.43. The molecular formula is C17H23ClFN3O3S. The number of thiocarbonyl (C=S) groups is 1. The molecular weight excluding hydrogens is 381 g/mol. The molecule has 1 heterocycles. The minimum absolute atomic E-state index is 0.139. The van der Waals surface area contributed by atoms with Crippen molar-refractivity contribution < 1.29 is 18.7 Å². The van der Waals surface area contributed by atoms with Crippen LogP contribution in [0, 0.1) is 5.82 Å². The van der Waals surface area contributed by atoms with Gasteiger partial charge in [-0.2, -0.15) is 0 Å². The summed E-state index contributed by atoms with van der Waals surface area (Å²) in [5.74, 6) is -0.179. The monoisotopic (exact) mass is 403 g/mol. The van der Waals surface area contributed by atoms with Gasteiger partial charge in [-0.05, 0) is 44.5 Å². The van der Waals surface area contributed by atoms with E-state index in [1.54, 1.807) is 11.9 Å². The number of nitrogens with zero attached hydrogens (tertiary/aromatic N) is 2. The van der Waals surface area contributed by atoms with Crippen LogP contribution in [0.2, 0.25) is 5.02 Å². The normalized spacial score (nSPS) is 14.2. The van der Waals surface area contributed by atoms with Crippen LogP contribution in [0.5, 0.6) is 5.75 Å². The van der Waals surface area contributed by atoms with Crippen molar-refractivity contribution in [2.45, 2.75) is 33.1 Å². The van der Waals surface area contributed by atoms with Crippen LogP contribution in [0.3, 0.4) is 0 Å². The average Bonchev–Trinajstić information content (AvgIpc) is 2.63. The zero-order chi connectivity index (χ0) is 19.1. The molecule has 0 unspecified atom stereocenters. The Labute approximate surface area is 163 Å². The van der Waals surface area contributed by atoms with E-state index >= 15 is 0 Å². The molecule has 1 fully saturated rings. The van der Waals surface area contributed by atoms with Gasteiger partial charge in [-0.3, -0.25) is 5.01 Å². The molecule has 0 aromatic heterocycles. The zero-order valence-corrected chi connectivity index (χ0v) is 16.5. The minimum atomic E-state index is -0.555. The molecule has 1 amide bonds. The first-order valence-corrected chi connectivity index (χ1v) is 9.41. The van der Waals surface area contributed by atoms with Gasteiger partial charge < -0.3 is 14.8 Å². The molecule has 1 aromatic carbocycles. The number of amides is 1. The summed E-state index contributed by atoms with van der Waals surface area (Å²) in [6, 6.07) is 2.65. The molecule has 0 atom stereocenters. The van der Waals surface area contributed by atoms with Gasteiger partial charge in [-0.1, -0.05) is 18.5 Å². The lowest BCUT2D eigenvalue weighted by atomic mass is 10.2. The van der Waals surface area contributed by atoms with Crippen molar-refractivity contribution in [1.29, 1.82) is 0 Å². The summed E-state index contributed by atoms with van der Waals surface area (Å²) in [6.45, 7) is 5.48. The molecule has 0 aliphatic carbocycles. The van der Waals surface area contributed by atoms with Gasteiger partial charge in [0.15, 0.2) is 5.11 Å². The second kappa shape index (κ2) is 9.78. The highest BCUT2D eigenvalue weighted by atomic mass is 35.5. The number of benzene rings is 1. The number of hydrogen-bond acceptors (Lipinski definition) is 4. The van der Waals surface area contributed by atoms with Crippen LogP contribution in [0.4, 0.5) is 14.9 Å². The molecule has 9 heteroatoms. The third-order valence-corrected chi connectivity index (χ3v) is 4.33. The Hall–Kier alpha value is -1.80. The van der Waals surface area contributed by atoms with Crippen LogP contribution in [0.1, 0.15) is 33.1 Å². The summed E-state index contributed by atoms with van der Waals surface area (Å²) < 4.78 is 24.9. The molecule has 0 radical (unpaired) electrons. The minimum Gasteiger partial charge on any atom is -0.492 e. The molecule has 1 saturated heterocycles. The lowest BCUT2D eigenvalue weighted by Gasteiger charge is -2.39. The highest BCUT2D eigenvalue weighted by Crippen LogP contribution is 2.31. The van der Waals surface area contributed by atoms with Crippen molar-refractivity contribution in [3.05, 3.63) is 23.0 Å². The Balaban J connectivity index is 2.15. The van der Waals surface area contributed by atoms with Crippen LogP contribution in [0.15, 0.2) is 12.1 Å². The van der Waals surface area contributed by atoms with Crippen molar-refractivity contribution in [2.24, 2.45) is 0 Å². The summed E-state index contributed by atoms with van der Waals surface area (Å²) in [7, 11) is 0. The molecule has 1 N–H and O–H groups in total. The zero-order valence-electron chi connectivity index (χ0n) is 14.9. The maximum Gasteiger partial charge on any atom is 0.428 e. The van der Waals surface area contributed by atoms with Crippen molar-refractivity contribution in [3.63, 3.8) is 0 Å². The van der Waals surface area contributed by atoms with Gasteiger partial charge in [-0.25, -0.2) is 14.2 Å². The number of rotatable bonds is 5. The standard InChI is InChI=1S/C17H23ClFN3O3S/c1-3-9-25-15-11-14(13(19)10-12(15)18)20-16(26)21-7-5-6-8-22(21)17(23)24-4-2/h10-11H,3-9H2,1-2H3,(H,20,26). The lowest BCUT2D eigenvalue weighted by molar-refractivity contribution is 0.00913. The smallest absolute Gasteiger partial charge is 0.428 e. The number of carbonyl (C=O) groups excluding carboxylic acids is 1. The first-order valence-electron chi connectivity index (χ1n) is 8.62. The molecule has 0 saturated carbocycles. The third kappa shape index (κ3) is 5.11. The Kier molecular flexibility index (Phi) is 7.71. The van der Waals surface area contributed by atoms with Crippen molar-refractivity contribution in [2.75, 3.05) is 31.6 Å². The van der Waals surface area contributed by atoms with E-state index in [0.717, 1.165) is 19.3 Å². The predicted molar refractivity (Wildman–Crippen MR) is 103 cm³/mol. The fraction of sp³-hybridized carbons (Fsp3) is 0.529. The van der Waals surface area contributed by atoms with Crippen LogP contribution < -0.4 is 10.1 Å². The molecule has 6 nitrogen and oxygen atoms in total. The molecule has 1 aliphatic heterocycles. The van der Waals surface area contributed by atoms with E-state index in [4.69, 9.17) is 33.3 Å². The third-order valence-electron chi connectivity index (χ3n) is 3.72. The number of carbonyl (C=O) groups is 1. The molecule has 144 valence electrons. The van der Waals surface area contributed by atoms with Crippen LogP contribution >= 0.6 is 23.8 Å². The highest BCUT2D eigenvalue weighted by Gasteiger charge is 2.28. The van der Waals surface area contributed by atoms with Crippen molar-refractivity contribution >= 4 is 40.7 Å². The van der Waals surface area contributed by atoms with Gasteiger partial charge >= 0.3 is 6.09 Å². The number of ether oxygens (including phenoxy) is 2. The average molecular weight is 404 g/mol. The van der Waals surface area contributed by atoms with E-state index in [9.17, 15) is 9.18 Å². The topological polar surface area (TPSA) is 54.0 Å². The first-order chi connectivity index (χ1) is 12.5. The van der Waals surface area contributed by atoms with Gasteiger partial charge in [0.25, 0.3) is 0 Å². The fourth-order valence-electron chi connectivity index (χ4n) is 2.49. The Morgan fingerprint density at radius 1 is 1.31 bits per heavy atom. The number of nitrogens with one attached hydrogen (secondary N) is 1. The largest absolute Gasteiger partial charge is 0.492 e. The fourth-order valence-corrected chi connectivity index (χ4v) is 3.00. The quantitative estimate of drug-likeness (QED) is 0.734.